The normalized spacial score (nSPS) is 21.6. The van der Waals surface area contributed by atoms with Gasteiger partial charge in [0.05, 0.1) is 36.0 Å². The highest BCUT2D eigenvalue weighted by atomic mass is 16.7. The van der Waals surface area contributed by atoms with E-state index in [0.29, 0.717) is 19.4 Å². The molecule has 5 atom stereocenters. The second-order valence-electron chi connectivity index (χ2n) is 14.6. The summed E-state index contributed by atoms with van der Waals surface area (Å²) in [6, 6.07) is 8.47. The topological polar surface area (TPSA) is 177 Å². The van der Waals surface area contributed by atoms with E-state index in [1.165, 1.54) is 5.57 Å². The van der Waals surface area contributed by atoms with E-state index in [1.54, 1.807) is 11.9 Å². The van der Waals surface area contributed by atoms with E-state index >= 15 is 0 Å². The van der Waals surface area contributed by atoms with Gasteiger partial charge in [-0.05, 0) is 117 Å². The number of aliphatic hydroxyl groups is 4. The van der Waals surface area contributed by atoms with E-state index in [4.69, 9.17) is 19.4 Å². The maximum Gasteiger partial charge on any atom is 0.222 e. The molecule has 288 valence electrons. The van der Waals surface area contributed by atoms with Gasteiger partial charge in [0.2, 0.25) is 5.91 Å². The number of rotatable bonds is 11. The van der Waals surface area contributed by atoms with Crippen molar-refractivity contribution < 1.29 is 34.7 Å². The van der Waals surface area contributed by atoms with Gasteiger partial charge in [-0.1, -0.05) is 19.6 Å². The lowest BCUT2D eigenvalue weighted by molar-refractivity contribution is -0.301. The lowest BCUT2D eigenvalue weighted by Crippen LogP contribution is -2.59. The lowest BCUT2D eigenvalue weighted by Gasteiger charge is -2.39. The average Bonchev–Trinajstić information content (AvgIpc) is 3.86. The number of aryl methyl sites for hydroxylation is 3. The molecule has 0 aliphatic carbocycles. The zero-order valence-electron chi connectivity index (χ0n) is 32.3. The second-order valence-corrected chi connectivity index (χ2v) is 14.6. The number of hydrogen-bond acceptors (Lipinski definition) is 9. The van der Waals surface area contributed by atoms with Gasteiger partial charge >= 0.3 is 0 Å². The molecule has 0 saturated carbocycles. The molecular formula is C42H53N5O7. The van der Waals surface area contributed by atoms with Gasteiger partial charge in [-0.15, -0.1) is 0 Å². The molecular weight excluding hydrogens is 686 g/mol. The second kappa shape index (κ2) is 16.1. The number of aliphatic hydroxyl groups excluding tert-OH is 4. The fourth-order valence-corrected chi connectivity index (χ4v) is 7.59. The third-order valence-corrected chi connectivity index (χ3v) is 11.1. The van der Waals surface area contributed by atoms with Crippen molar-refractivity contribution in [3.05, 3.63) is 75.9 Å². The van der Waals surface area contributed by atoms with Crippen LogP contribution in [0.4, 0.5) is 0 Å². The quantitative estimate of drug-likeness (QED) is 0.137. The molecule has 3 aliphatic heterocycles. The van der Waals surface area contributed by atoms with Gasteiger partial charge in [-0.3, -0.25) is 4.79 Å². The van der Waals surface area contributed by atoms with Crippen molar-refractivity contribution in [3.8, 4) is 0 Å². The number of aromatic amines is 2. The molecule has 1 amide bonds. The Bertz CT molecular complexity index is 2180. The van der Waals surface area contributed by atoms with Gasteiger partial charge in [0, 0.05) is 47.6 Å². The molecule has 0 aromatic carbocycles. The molecule has 3 aromatic rings. The minimum atomic E-state index is -1.51. The third kappa shape index (κ3) is 7.46. The van der Waals surface area contributed by atoms with E-state index in [1.807, 2.05) is 6.08 Å². The van der Waals surface area contributed by atoms with Crippen molar-refractivity contribution in [3.63, 3.8) is 0 Å². The summed E-state index contributed by atoms with van der Waals surface area (Å²) in [6.07, 6.45) is -2.73. The number of carbonyl (C=O) groups is 1. The summed E-state index contributed by atoms with van der Waals surface area (Å²) in [5.74, 6) is -0.0389. The van der Waals surface area contributed by atoms with Crippen LogP contribution in [0, 0.1) is 20.8 Å². The van der Waals surface area contributed by atoms with E-state index in [9.17, 15) is 25.2 Å². The van der Waals surface area contributed by atoms with Crippen molar-refractivity contribution in [1.82, 2.24) is 24.8 Å². The summed E-state index contributed by atoms with van der Waals surface area (Å²) in [6.45, 7) is 16.7. The number of nitrogens with zero attached hydrogens (tertiary/aromatic N) is 3. The van der Waals surface area contributed by atoms with E-state index in [-0.39, 0.29) is 18.9 Å². The smallest absolute Gasteiger partial charge is 0.222 e. The van der Waals surface area contributed by atoms with Crippen LogP contribution in [-0.2, 0) is 14.3 Å². The summed E-state index contributed by atoms with van der Waals surface area (Å²) in [5, 5.41) is 39.7. The predicted molar refractivity (Wildman–Crippen MR) is 212 cm³/mol. The van der Waals surface area contributed by atoms with Crippen LogP contribution in [0.15, 0.2) is 30.8 Å². The molecule has 3 aromatic heterocycles. The molecule has 6 rings (SSSR count). The van der Waals surface area contributed by atoms with Gasteiger partial charge in [0.15, 0.2) is 6.29 Å². The Morgan fingerprint density at radius 1 is 0.889 bits per heavy atom. The van der Waals surface area contributed by atoms with Crippen LogP contribution in [0.1, 0.15) is 91.5 Å². The Morgan fingerprint density at radius 3 is 2.24 bits per heavy atom. The highest BCUT2D eigenvalue weighted by Gasteiger charge is 2.44. The van der Waals surface area contributed by atoms with Crippen LogP contribution in [0.5, 0.6) is 0 Å². The minimum Gasteiger partial charge on any atom is -0.394 e. The standard InChI is InChI=1S/C42H53N5O7/c1-9-26-23(5)32-19-35-27(10-2)22(4)31(44-35)18-33-24(6)28(38(46-33)25(7)30-16-21(3)29(43-30)17-34(26)45-32)12-13-37(49)47(8)14-11-15-53-42-41(52)40(51)39(50)36(20-48)54-42/h10,16-19,36,39-44,48,50-52H,2,9,11-15,20H2,1,3-8H3/t36-,39-,40+,41-,42-/m1/s1. The van der Waals surface area contributed by atoms with E-state index < -0.39 is 37.3 Å². The number of ether oxygens (including phenoxy) is 2. The van der Waals surface area contributed by atoms with Crippen molar-refractivity contribution in [2.45, 2.75) is 97.9 Å². The average molecular weight is 740 g/mol. The van der Waals surface area contributed by atoms with Crippen LogP contribution in [0.25, 0.3) is 50.4 Å². The van der Waals surface area contributed by atoms with Gasteiger partial charge in [-0.2, -0.15) is 0 Å². The van der Waals surface area contributed by atoms with Gasteiger partial charge in [0.25, 0.3) is 0 Å². The zero-order valence-corrected chi connectivity index (χ0v) is 32.3. The molecule has 0 unspecified atom stereocenters. The van der Waals surface area contributed by atoms with Crippen LogP contribution >= 0.6 is 0 Å². The Morgan fingerprint density at radius 2 is 1.54 bits per heavy atom. The number of aromatic nitrogens is 4. The van der Waals surface area contributed by atoms with Crippen LogP contribution in [0.3, 0.4) is 0 Å². The number of carbonyl (C=O) groups excluding carboxylic acids is 1. The summed E-state index contributed by atoms with van der Waals surface area (Å²) < 4.78 is 11.0. The maximum atomic E-state index is 13.5. The largest absolute Gasteiger partial charge is 0.394 e. The number of fused-ring (bicyclic) bond motifs is 8. The molecule has 0 radical (unpaired) electrons. The molecule has 0 spiro atoms. The molecule has 12 nitrogen and oxygen atoms in total. The van der Waals surface area contributed by atoms with Crippen molar-refractivity contribution in [2.75, 3.05) is 26.8 Å². The van der Waals surface area contributed by atoms with E-state index in [2.05, 4.69) is 82.4 Å². The fraction of sp³-hybridized carbons (Fsp3) is 0.452. The molecule has 12 heteroatoms. The molecule has 1 saturated heterocycles. The zero-order chi connectivity index (χ0) is 39.0. The maximum absolute atomic E-state index is 13.5. The number of H-pyrrole nitrogens is 2. The number of nitrogens with one attached hydrogen (secondary N) is 2. The summed E-state index contributed by atoms with van der Waals surface area (Å²) in [5.41, 5.74) is 15.9. The lowest BCUT2D eigenvalue weighted by atomic mass is 9.98. The molecule has 6 N–H and O–H groups in total. The molecule has 8 bridgehead atoms. The molecule has 54 heavy (non-hydrogen) atoms. The first-order valence-electron chi connectivity index (χ1n) is 18.7. The number of amides is 1. The van der Waals surface area contributed by atoms with Gasteiger partial charge < -0.3 is 44.8 Å². The summed E-state index contributed by atoms with van der Waals surface area (Å²) >= 11 is 0. The van der Waals surface area contributed by atoms with Crippen molar-refractivity contribution >= 4 is 56.3 Å². The molecule has 3 aliphatic rings. The van der Waals surface area contributed by atoms with Crippen molar-refractivity contribution in [1.29, 1.82) is 0 Å². The van der Waals surface area contributed by atoms with Crippen LogP contribution < -0.4 is 0 Å². The van der Waals surface area contributed by atoms with Gasteiger partial charge in [-0.25, -0.2) is 9.97 Å². The first-order chi connectivity index (χ1) is 25.8. The van der Waals surface area contributed by atoms with Gasteiger partial charge in [0.1, 0.15) is 24.4 Å². The first-order valence-corrected chi connectivity index (χ1v) is 18.7. The van der Waals surface area contributed by atoms with Crippen molar-refractivity contribution in [2.24, 2.45) is 0 Å². The Kier molecular flexibility index (Phi) is 11.7. The first kappa shape index (κ1) is 39.3. The Balaban J connectivity index is 1.29. The number of allylic oxidation sites excluding steroid dienone is 4. The Hall–Kier alpha value is -4.43. The highest BCUT2D eigenvalue weighted by molar-refractivity contribution is 5.96. The molecule has 1 fully saturated rings. The highest BCUT2D eigenvalue weighted by Crippen LogP contribution is 2.37. The number of hydrogen-bond donors (Lipinski definition) is 6. The third-order valence-electron chi connectivity index (χ3n) is 11.1. The Labute approximate surface area is 315 Å². The SMILES string of the molecule is C=Cc1c(C)c2cc3nc(c(C)c4cc(C)c(cc5nc(cc1[nH]2)C(C)=C5CC)[nH]4)C(CCC(=O)N(C)CCCO[C@@H]1O[C@H](CO)[C@@H](O)[C@H](O)[C@H]1O)=C3C. The summed E-state index contributed by atoms with van der Waals surface area (Å²) in [7, 11) is 1.74. The predicted octanol–water partition coefficient (Wildman–Crippen LogP) is 5.60. The fourth-order valence-electron chi connectivity index (χ4n) is 7.59. The van der Waals surface area contributed by atoms with Crippen LogP contribution in [0.2, 0.25) is 0 Å². The van der Waals surface area contributed by atoms with Crippen LogP contribution in [-0.4, -0.2) is 109 Å². The monoisotopic (exact) mass is 739 g/mol. The summed E-state index contributed by atoms with van der Waals surface area (Å²) in [4.78, 5) is 32.7. The van der Waals surface area contributed by atoms with E-state index in [0.717, 1.165) is 90.2 Å². The minimum absolute atomic E-state index is 0.0389. The molecule has 6 heterocycles.